The van der Waals surface area contributed by atoms with Gasteiger partial charge in [-0.05, 0) is 24.1 Å². The third-order valence-corrected chi connectivity index (χ3v) is 3.85. The summed E-state index contributed by atoms with van der Waals surface area (Å²) in [7, 11) is 1.46. The maximum atomic E-state index is 12.6. The molecule has 0 saturated carbocycles. The van der Waals surface area contributed by atoms with Crippen LogP contribution in [0.5, 0.6) is 28.7 Å². The van der Waals surface area contributed by atoms with Crippen LogP contribution in [-0.4, -0.2) is 34.8 Å². The quantitative estimate of drug-likeness (QED) is 0.803. The minimum Gasteiger partial charge on any atom is -0.508 e. The normalized spacial score (nSPS) is 16.6. The fourth-order valence-corrected chi connectivity index (χ4v) is 2.72. The van der Waals surface area contributed by atoms with Gasteiger partial charge in [-0.15, -0.1) is 0 Å². The SMILES string of the molecule is COc1ccc(C[C@@H]2COc3cc(O)cc(O)c3C2=O)cc1O. The molecule has 1 aliphatic heterocycles. The molecule has 2 aromatic rings. The largest absolute Gasteiger partial charge is 0.508 e. The summed E-state index contributed by atoms with van der Waals surface area (Å²) in [4.78, 5) is 12.6. The van der Waals surface area contributed by atoms with E-state index in [1.54, 1.807) is 12.1 Å². The second-order valence-corrected chi connectivity index (χ2v) is 5.42. The van der Waals surface area contributed by atoms with Crippen molar-refractivity contribution in [3.8, 4) is 28.7 Å². The van der Waals surface area contributed by atoms with E-state index >= 15 is 0 Å². The smallest absolute Gasteiger partial charge is 0.177 e. The van der Waals surface area contributed by atoms with Crippen LogP contribution in [0.15, 0.2) is 30.3 Å². The lowest BCUT2D eigenvalue weighted by Gasteiger charge is -2.25. The first-order valence-electron chi connectivity index (χ1n) is 7.08. The summed E-state index contributed by atoms with van der Waals surface area (Å²) >= 11 is 0. The van der Waals surface area contributed by atoms with E-state index in [1.807, 2.05) is 0 Å². The van der Waals surface area contributed by atoms with Crippen molar-refractivity contribution in [2.75, 3.05) is 13.7 Å². The lowest BCUT2D eigenvalue weighted by molar-refractivity contribution is 0.0826. The van der Waals surface area contributed by atoms with Crippen molar-refractivity contribution >= 4 is 5.78 Å². The van der Waals surface area contributed by atoms with Crippen molar-refractivity contribution in [2.24, 2.45) is 5.92 Å². The van der Waals surface area contributed by atoms with Crippen LogP contribution in [0.1, 0.15) is 15.9 Å². The van der Waals surface area contributed by atoms with Gasteiger partial charge in [0.05, 0.1) is 19.6 Å². The molecule has 3 rings (SSSR count). The summed E-state index contributed by atoms with van der Waals surface area (Å²) in [6, 6.07) is 7.35. The van der Waals surface area contributed by atoms with Crippen LogP contribution in [0.25, 0.3) is 0 Å². The Kier molecular flexibility index (Phi) is 3.73. The summed E-state index contributed by atoms with van der Waals surface area (Å²) in [6.07, 6.45) is 0.357. The van der Waals surface area contributed by atoms with E-state index in [-0.39, 0.29) is 41.0 Å². The van der Waals surface area contributed by atoms with E-state index in [2.05, 4.69) is 0 Å². The highest BCUT2D eigenvalue weighted by molar-refractivity contribution is 6.04. The fraction of sp³-hybridized carbons (Fsp3) is 0.235. The van der Waals surface area contributed by atoms with Crippen molar-refractivity contribution in [1.82, 2.24) is 0 Å². The zero-order chi connectivity index (χ0) is 16.6. The summed E-state index contributed by atoms with van der Waals surface area (Å²) in [5.41, 5.74) is 0.837. The first-order chi connectivity index (χ1) is 11.0. The first-order valence-corrected chi connectivity index (χ1v) is 7.08. The van der Waals surface area contributed by atoms with Gasteiger partial charge >= 0.3 is 0 Å². The highest BCUT2D eigenvalue weighted by Gasteiger charge is 2.32. The van der Waals surface area contributed by atoms with Gasteiger partial charge in [0.2, 0.25) is 0 Å². The number of benzene rings is 2. The summed E-state index contributed by atoms with van der Waals surface area (Å²) < 4.78 is 10.5. The number of hydrogen-bond donors (Lipinski definition) is 3. The monoisotopic (exact) mass is 316 g/mol. The molecule has 120 valence electrons. The number of carbonyl (C=O) groups is 1. The molecular weight excluding hydrogens is 300 g/mol. The number of Topliss-reactive ketones (excluding diaryl/α,β-unsaturated/α-hetero) is 1. The molecule has 1 heterocycles. The lowest BCUT2D eigenvalue weighted by Crippen LogP contribution is -2.29. The molecule has 1 atom stereocenters. The van der Waals surface area contributed by atoms with E-state index < -0.39 is 5.92 Å². The maximum absolute atomic E-state index is 12.6. The number of ether oxygens (including phenoxy) is 2. The van der Waals surface area contributed by atoms with Gasteiger partial charge in [0.25, 0.3) is 0 Å². The number of hydrogen-bond acceptors (Lipinski definition) is 6. The van der Waals surface area contributed by atoms with Gasteiger partial charge in [-0.3, -0.25) is 4.79 Å². The summed E-state index contributed by atoms with van der Waals surface area (Å²) in [5, 5.41) is 29.1. The second kappa shape index (κ2) is 5.72. The molecule has 0 saturated heterocycles. The van der Waals surface area contributed by atoms with Gasteiger partial charge in [0.15, 0.2) is 17.3 Å². The minimum absolute atomic E-state index is 0.00217. The van der Waals surface area contributed by atoms with Crippen LogP contribution in [0.3, 0.4) is 0 Å². The van der Waals surface area contributed by atoms with Crippen molar-refractivity contribution in [3.63, 3.8) is 0 Å². The number of rotatable bonds is 3. The van der Waals surface area contributed by atoms with E-state index in [4.69, 9.17) is 9.47 Å². The molecule has 0 aromatic heterocycles. The van der Waals surface area contributed by atoms with Crippen molar-refractivity contribution in [3.05, 3.63) is 41.5 Å². The Balaban J connectivity index is 1.85. The molecule has 0 amide bonds. The first kappa shape index (κ1) is 15.0. The molecule has 23 heavy (non-hydrogen) atoms. The topological polar surface area (TPSA) is 96.2 Å². The summed E-state index contributed by atoms with van der Waals surface area (Å²) in [6.45, 7) is 0.140. The average Bonchev–Trinajstić information content (AvgIpc) is 2.49. The van der Waals surface area contributed by atoms with Gasteiger partial charge in [0, 0.05) is 12.1 Å². The predicted molar refractivity (Wildman–Crippen MR) is 81.4 cm³/mol. The average molecular weight is 316 g/mol. The van der Waals surface area contributed by atoms with Crippen molar-refractivity contribution in [2.45, 2.75) is 6.42 Å². The Bertz CT molecular complexity index is 768. The minimum atomic E-state index is -0.481. The second-order valence-electron chi connectivity index (χ2n) is 5.42. The molecule has 1 aliphatic rings. The third-order valence-electron chi connectivity index (χ3n) is 3.85. The number of phenolic OH excluding ortho intramolecular Hbond substituents is 3. The Morgan fingerprint density at radius 2 is 1.96 bits per heavy atom. The van der Waals surface area contributed by atoms with Crippen LogP contribution in [-0.2, 0) is 6.42 Å². The number of phenols is 3. The number of aromatic hydroxyl groups is 3. The van der Waals surface area contributed by atoms with Crippen LogP contribution >= 0.6 is 0 Å². The molecule has 2 aromatic carbocycles. The molecule has 0 bridgehead atoms. The fourth-order valence-electron chi connectivity index (χ4n) is 2.72. The third kappa shape index (κ3) is 2.75. The molecule has 0 radical (unpaired) electrons. The van der Waals surface area contributed by atoms with Crippen LogP contribution in [0.4, 0.5) is 0 Å². The Morgan fingerprint density at radius 3 is 2.65 bits per heavy atom. The zero-order valence-electron chi connectivity index (χ0n) is 12.4. The van der Waals surface area contributed by atoms with Gasteiger partial charge in [-0.2, -0.15) is 0 Å². The lowest BCUT2D eigenvalue weighted by atomic mass is 9.89. The Labute approximate surface area is 132 Å². The Hall–Kier alpha value is -2.89. The molecular formula is C17H16O6. The predicted octanol–water partition coefficient (Wildman–Crippen LogP) is 2.25. The molecule has 3 N–H and O–H groups in total. The van der Waals surface area contributed by atoms with Gasteiger partial charge in [-0.25, -0.2) is 0 Å². The molecule has 0 unspecified atom stereocenters. The molecule has 0 fully saturated rings. The number of ketones is 1. The molecule has 6 nitrogen and oxygen atoms in total. The summed E-state index contributed by atoms with van der Waals surface area (Å²) in [5.74, 6) is -0.647. The van der Waals surface area contributed by atoms with E-state index in [1.165, 1.54) is 19.2 Å². The molecule has 0 aliphatic carbocycles. The highest BCUT2D eigenvalue weighted by atomic mass is 16.5. The van der Waals surface area contributed by atoms with Crippen molar-refractivity contribution in [1.29, 1.82) is 0 Å². The number of fused-ring (bicyclic) bond motifs is 1. The van der Waals surface area contributed by atoms with Gasteiger partial charge in [0.1, 0.15) is 22.8 Å². The standard InChI is InChI=1S/C17H16O6/c1-22-14-3-2-9(5-12(14)19)4-10-8-23-15-7-11(18)6-13(20)16(15)17(10)21/h2-3,5-7,10,18-20H,4,8H2,1H3/t10-/m1/s1. The van der Waals surface area contributed by atoms with E-state index in [9.17, 15) is 20.1 Å². The zero-order valence-corrected chi connectivity index (χ0v) is 12.4. The Morgan fingerprint density at radius 1 is 1.17 bits per heavy atom. The van der Waals surface area contributed by atoms with Crippen LogP contribution < -0.4 is 9.47 Å². The van der Waals surface area contributed by atoms with Crippen molar-refractivity contribution < 1.29 is 29.6 Å². The molecule has 6 heteroatoms. The van der Waals surface area contributed by atoms with Gasteiger partial charge < -0.3 is 24.8 Å². The van der Waals surface area contributed by atoms with E-state index in [0.29, 0.717) is 12.2 Å². The van der Waals surface area contributed by atoms with Gasteiger partial charge in [-0.1, -0.05) is 6.07 Å². The highest BCUT2D eigenvalue weighted by Crippen LogP contribution is 2.38. The number of methoxy groups -OCH3 is 1. The number of carbonyl (C=O) groups excluding carboxylic acids is 1. The van der Waals surface area contributed by atoms with Crippen LogP contribution in [0, 0.1) is 5.92 Å². The maximum Gasteiger partial charge on any atom is 0.177 e. The van der Waals surface area contributed by atoms with Crippen LogP contribution in [0.2, 0.25) is 0 Å². The molecule has 0 spiro atoms. The van der Waals surface area contributed by atoms with E-state index in [0.717, 1.165) is 11.6 Å².